The van der Waals surface area contributed by atoms with Crippen LogP contribution in [0.3, 0.4) is 0 Å². The molecule has 2 aliphatic rings. The van der Waals surface area contributed by atoms with Crippen molar-refractivity contribution < 1.29 is 4.39 Å². The Morgan fingerprint density at radius 2 is 1.68 bits per heavy atom. The molecule has 0 amide bonds. The monoisotopic (exact) mass is 376 g/mol. The summed E-state index contributed by atoms with van der Waals surface area (Å²) in [6.45, 7) is 4.80. The number of pyridine rings is 1. The van der Waals surface area contributed by atoms with Gasteiger partial charge in [-0.05, 0) is 61.4 Å². The van der Waals surface area contributed by atoms with Gasteiger partial charge in [-0.1, -0.05) is 24.6 Å². The third kappa shape index (κ3) is 2.74. The van der Waals surface area contributed by atoms with Crippen molar-refractivity contribution in [3.63, 3.8) is 0 Å². The molecule has 0 unspecified atom stereocenters. The quantitative estimate of drug-likeness (QED) is 0.638. The van der Waals surface area contributed by atoms with Crippen LogP contribution in [0, 0.1) is 17.7 Å². The molecule has 0 bridgehead atoms. The van der Waals surface area contributed by atoms with E-state index in [4.69, 9.17) is 0 Å². The summed E-state index contributed by atoms with van der Waals surface area (Å²) in [5.74, 6) is 1.32. The van der Waals surface area contributed by atoms with Crippen LogP contribution in [0.15, 0.2) is 53.3 Å². The number of rotatable bonds is 3. The number of fused-ring (bicyclic) bond motifs is 2. The van der Waals surface area contributed by atoms with E-state index in [2.05, 4.69) is 11.0 Å². The fourth-order valence-electron chi connectivity index (χ4n) is 5.31. The molecule has 144 valence electrons. The zero-order valence-corrected chi connectivity index (χ0v) is 16.2. The lowest BCUT2D eigenvalue weighted by atomic mass is 9.99. The zero-order valence-electron chi connectivity index (χ0n) is 16.2. The Morgan fingerprint density at radius 3 is 2.36 bits per heavy atom. The maximum absolute atomic E-state index is 13.5. The lowest BCUT2D eigenvalue weighted by molar-refractivity contribution is 0.494. The Morgan fingerprint density at radius 1 is 0.964 bits per heavy atom. The van der Waals surface area contributed by atoms with Crippen molar-refractivity contribution in [1.82, 2.24) is 4.57 Å². The predicted octanol–water partition coefficient (Wildman–Crippen LogP) is 5.06. The summed E-state index contributed by atoms with van der Waals surface area (Å²) < 4.78 is 15.3. The van der Waals surface area contributed by atoms with E-state index in [0.717, 1.165) is 47.0 Å². The van der Waals surface area contributed by atoms with Crippen molar-refractivity contribution in [2.45, 2.75) is 32.7 Å². The number of aromatic nitrogens is 1. The third-order valence-corrected chi connectivity index (χ3v) is 6.66. The summed E-state index contributed by atoms with van der Waals surface area (Å²) in [5, 5.41) is 1.11. The van der Waals surface area contributed by atoms with Gasteiger partial charge in [-0.3, -0.25) is 4.79 Å². The summed E-state index contributed by atoms with van der Waals surface area (Å²) in [6.07, 6.45) is 3.98. The molecule has 28 heavy (non-hydrogen) atoms. The van der Waals surface area contributed by atoms with E-state index in [1.54, 1.807) is 6.07 Å². The molecule has 0 radical (unpaired) electrons. The second-order valence-electron chi connectivity index (χ2n) is 8.17. The van der Waals surface area contributed by atoms with Crippen LogP contribution in [-0.4, -0.2) is 17.7 Å². The largest absolute Gasteiger partial charge is 0.370 e. The summed E-state index contributed by atoms with van der Waals surface area (Å²) in [7, 11) is 0. The van der Waals surface area contributed by atoms with Crippen molar-refractivity contribution in [1.29, 1.82) is 0 Å². The fourth-order valence-corrected chi connectivity index (χ4v) is 5.31. The van der Waals surface area contributed by atoms with Crippen molar-refractivity contribution in [2.24, 2.45) is 11.8 Å². The van der Waals surface area contributed by atoms with E-state index in [1.807, 2.05) is 35.8 Å². The predicted molar refractivity (Wildman–Crippen MR) is 112 cm³/mol. The van der Waals surface area contributed by atoms with E-state index in [9.17, 15) is 9.18 Å². The standard InChI is InChI=1S/C24H25FN2O/c1-2-27-22-12-10-20(16-6-8-19(25)9-7-16)24(21(22)11-13-23(27)28)26-14-17-4-3-5-18(17)15-26/h6-13,17-18H,2-5,14-15H2,1H3/t17-,18-/m1/s1. The molecule has 2 atom stereocenters. The van der Waals surface area contributed by atoms with Gasteiger partial charge in [0.05, 0.1) is 11.2 Å². The molecule has 3 nitrogen and oxygen atoms in total. The number of benzene rings is 2. The van der Waals surface area contributed by atoms with Gasteiger partial charge in [0.25, 0.3) is 5.56 Å². The average molecular weight is 376 g/mol. The summed E-state index contributed by atoms with van der Waals surface area (Å²) in [6, 6.07) is 14.5. The van der Waals surface area contributed by atoms with Crippen molar-refractivity contribution in [2.75, 3.05) is 18.0 Å². The SMILES string of the molecule is CCn1c(=O)ccc2c(N3C[C@H]4CCC[C@@H]4C3)c(-c3ccc(F)cc3)ccc21. The molecule has 5 rings (SSSR count). The first-order chi connectivity index (χ1) is 13.7. The number of hydrogen-bond acceptors (Lipinski definition) is 2. The van der Waals surface area contributed by atoms with Gasteiger partial charge in [0.1, 0.15) is 5.82 Å². The molecule has 1 saturated carbocycles. The second-order valence-corrected chi connectivity index (χ2v) is 8.17. The molecule has 2 fully saturated rings. The van der Waals surface area contributed by atoms with E-state index in [0.29, 0.717) is 6.54 Å². The van der Waals surface area contributed by atoms with E-state index in [1.165, 1.54) is 37.1 Å². The van der Waals surface area contributed by atoms with Gasteiger partial charge in [-0.15, -0.1) is 0 Å². The minimum absolute atomic E-state index is 0.0359. The summed E-state index contributed by atoms with van der Waals surface area (Å²) >= 11 is 0. The average Bonchev–Trinajstić information content (AvgIpc) is 3.30. The smallest absolute Gasteiger partial charge is 0.251 e. The first kappa shape index (κ1) is 17.5. The lowest BCUT2D eigenvalue weighted by Gasteiger charge is -2.26. The van der Waals surface area contributed by atoms with Gasteiger partial charge in [0.2, 0.25) is 0 Å². The Balaban J connectivity index is 1.74. The lowest BCUT2D eigenvalue weighted by Crippen LogP contribution is -2.23. The molecule has 2 aromatic carbocycles. The molecule has 1 aliphatic heterocycles. The molecular formula is C24H25FN2O. The zero-order chi connectivity index (χ0) is 19.3. The Labute approximate surface area is 164 Å². The minimum Gasteiger partial charge on any atom is -0.370 e. The summed E-state index contributed by atoms with van der Waals surface area (Å²) in [4.78, 5) is 14.9. The third-order valence-electron chi connectivity index (χ3n) is 6.66. The van der Waals surface area contributed by atoms with Crippen LogP contribution in [0.4, 0.5) is 10.1 Å². The Kier molecular flexibility index (Phi) is 4.22. The van der Waals surface area contributed by atoms with Gasteiger partial charge in [-0.25, -0.2) is 4.39 Å². The van der Waals surface area contributed by atoms with Crippen LogP contribution in [0.2, 0.25) is 0 Å². The molecule has 3 aromatic rings. The highest BCUT2D eigenvalue weighted by atomic mass is 19.1. The molecule has 0 spiro atoms. The van der Waals surface area contributed by atoms with Crippen LogP contribution in [0.1, 0.15) is 26.2 Å². The summed E-state index contributed by atoms with van der Waals surface area (Å²) in [5.41, 5.74) is 4.35. The Hall–Kier alpha value is -2.62. The van der Waals surface area contributed by atoms with Gasteiger partial charge < -0.3 is 9.47 Å². The van der Waals surface area contributed by atoms with Crippen molar-refractivity contribution in [3.8, 4) is 11.1 Å². The molecule has 1 aromatic heterocycles. The Bertz CT molecular complexity index is 1070. The molecule has 1 saturated heterocycles. The topological polar surface area (TPSA) is 25.2 Å². The van der Waals surface area contributed by atoms with Crippen LogP contribution in [0.5, 0.6) is 0 Å². The van der Waals surface area contributed by atoms with Crippen LogP contribution in [0.25, 0.3) is 22.0 Å². The second kappa shape index (κ2) is 6.77. The highest BCUT2D eigenvalue weighted by Crippen LogP contribution is 2.44. The molecule has 2 heterocycles. The van der Waals surface area contributed by atoms with Gasteiger partial charge >= 0.3 is 0 Å². The van der Waals surface area contributed by atoms with Gasteiger partial charge in [-0.2, -0.15) is 0 Å². The van der Waals surface area contributed by atoms with Gasteiger partial charge in [0.15, 0.2) is 0 Å². The van der Waals surface area contributed by atoms with Crippen molar-refractivity contribution in [3.05, 3.63) is 64.7 Å². The maximum atomic E-state index is 13.5. The number of hydrogen-bond donors (Lipinski definition) is 0. The molecule has 0 N–H and O–H groups in total. The molecule has 4 heteroatoms. The van der Waals surface area contributed by atoms with Crippen LogP contribution < -0.4 is 10.5 Å². The molecular weight excluding hydrogens is 351 g/mol. The maximum Gasteiger partial charge on any atom is 0.251 e. The first-order valence-corrected chi connectivity index (χ1v) is 10.3. The fraction of sp³-hybridized carbons (Fsp3) is 0.375. The van der Waals surface area contributed by atoms with Crippen molar-refractivity contribution >= 4 is 16.6 Å². The molecule has 1 aliphatic carbocycles. The van der Waals surface area contributed by atoms with Crippen LogP contribution in [-0.2, 0) is 6.54 Å². The minimum atomic E-state index is -0.221. The normalized spacial score (nSPS) is 21.4. The number of anilines is 1. The number of halogens is 1. The van der Waals surface area contributed by atoms with E-state index < -0.39 is 0 Å². The first-order valence-electron chi connectivity index (χ1n) is 10.3. The van der Waals surface area contributed by atoms with E-state index in [-0.39, 0.29) is 11.4 Å². The van der Waals surface area contributed by atoms with Gasteiger partial charge in [0, 0.05) is 36.7 Å². The van der Waals surface area contributed by atoms with E-state index >= 15 is 0 Å². The van der Waals surface area contributed by atoms with Crippen LogP contribution >= 0.6 is 0 Å². The highest BCUT2D eigenvalue weighted by Gasteiger charge is 2.37. The number of nitrogens with zero attached hydrogens (tertiary/aromatic N) is 2. The highest BCUT2D eigenvalue weighted by molar-refractivity contribution is 6.01. The number of aryl methyl sites for hydroxylation is 1.